The van der Waals surface area contributed by atoms with Crippen molar-refractivity contribution >= 4 is 0 Å². The normalized spacial score (nSPS) is 14.7. The van der Waals surface area contributed by atoms with E-state index < -0.39 is 29.9 Å². The Morgan fingerprint density at radius 2 is 1.55 bits per heavy atom. The summed E-state index contributed by atoms with van der Waals surface area (Å²) in [6.07, 6.45) is 0.619. The molecular formula is C26H24F4O. The smallest absolute Gasteiger partial charge is 0.398 e. The van der Waals surface area contributed by atoms with Crippen LogP contribution in [-0.2, 0) is 12.8 Å². The largest absolute Gasteiger partial charge is 0.429 e. The van der Waals surface area contributed by atoms with Crippen LogP contribution in [0, 0.1) is 11.6 Å². The van der Waals surface area contributed by atoms with Crippen molar-refractivity contribution in [2.45, 2.75) is 51.6 Å². The van der Waals surface area contributed by atoms with E-state index in [9.17, 15) is 17.6 Å². The van der Waals surface area contributed by atoms with Gasteiger partial charge in [-0.1, -0.05) is 56.2 Å². The molecule has 0 fully saturated rings. The summed E-state index contributed by atoms with van der Waals surface area (Å²) in [6.45, 7) is 2.17. The molecule has 5 heteroatoms. The highest BCUT2D eigenvalue weighted by atomic mass is 19.3. The van der Waals surface area contributed by atoms with Gasteiger partial charge in [-0.05, 0) is 65.3 Å². The second-order valence-corrected chi connectivity index (χ2v) is 8.03. The molecular weight excluding hydrogens is 404 g/mol. The molecule has 0 radical (unpaired) electrons. The predicted molar refractivity (Wildman–Crippen MR) is 114 cm³/mol. The summed E-state index contributed by atoms with van der Waals surface area (Å²) in [6, 6.07) is 15.4. The van der Waals surface area contributed by atoms with Gasteiger partial charge < -0.3 is 4.74 Å². The highest BCUT2D eigenvalue weighted by molar-refractivity contribution is 5.72. The highest BCUT2D eigenvalue weighted by Gasteiger charge is 2.37. The summed E-state index contributed by atoms with van der Waals surface area (Å²) in [4.78, 5) is 0. The number of fused-ring (bicyclic) bond motifs is 1. The van der Waals surface area contributed by atoms with E-state index in [1.165, 1.54) is 30.5 Å². The van der Waals surface area contributed by atoms with Crippen LogP contribution >= 0.6 is 0 Å². The zero-order valence-electron chi connectivity index (χ0n) is 17.4. The number of halogens is 4. The first kappa shape index (κ1) is 21.4. The van der Waals surface area contributed by atoms with Crippen LogP contribution in [0.5, 0.6) is 5.75 Å². The molecule has 162 valence electrons. The third kappa shape index (κ3) is 4.76. The lowest BCUT2D eigenvalue weighted by Gasteiger charge is -2.26. The average Bonchev–Trinajstić information content (AvgIpc) is 2.74. The van der Waals surface area contributed by atoms with Gasteiger partial charge in [-0.2, -0.15) is 8.78 Å². The molecule has 0 bridgehead atoms. The molecule has 1 nitrogen and oxygen atoms in total. The first-order chi connectivity index (χ1) is 14.9. The van der Waals surface area contributed by atoms with Crippen molar-refractivity contribution in [3.8, 4) is 28.0 Å². The molecule has 4 rings (SSSR count). The quantitative estimate of drug-likeness (QED) is 0.286. The van der Waals surface area contributed by atoms with Crippen LogP contribution in [0.1, 0.15) is 43.7 Å². The topological polar surface area (TPSA) is 9.23 Å². The van der Waals surface area contributed by atoms with Gasteiger partial charge in [0.25, 0.3) is 0 Å². The van der Waals surface area contributed by atoms with Gasteiger partial charge in [0.2, 0.25) is 0 Å². The summed E-state index contributed by atoms with van der Waals surface area (Å²) in [7, 11) is 0. The fourth-order valence-electron chi connectivity index (χ4n) is 3.96. The van der Waals surface area contributed by atoms with Crippen molar-refractivity contribution < 1.29 is 22.3 Å². The molecule has 0 aromatic heterocycles. The van der Waals surface area contributed by atoms with E-state index in [2.05, 4.69) is 23.8 Å². The number of ether oxygens (including phenoxy) is 1. The SMILES string of the molecule is CCCCCc1ccc(-c2ccc(-c3cc(F)c4c(c3)CCC(F)(F)O4)c(F)c2)cc1. The lowest BCUT2D eigenvalue weighted by atomic mass is 9.95. The Bertz CT molecular complexity index is 1070. The number of alkyl halides is 2. The maximum absolute atomic E-state index is 14.9. The van der Waals surface area contributed by atoms with Crippen molar-refractivity contribution in [3.63, 3.8) is 0 Å². The number of aryl methyl sites for hydroxylation is 2. The molecule has 0 amide bonds. The summed E-state index contributed by atoms with van der Waals surface area (Å²) < 4.78 is 60.6. The molecule has 1 heterocycles. The molecule has 1 aliphatic rings. The molecule has 3 aromatic rings. The number of hydrogen-bond donors (Lipinski definition) is 0. The van der Waals surface area contributed by atoms with Crippen molar-refractivity contribution in [2.75, 3.05) is 0 Å². The van der Waals surface area contributed by atoms with Gasteiger partial charge in [0.15, 0.2) is 11.6 Å². The van der Waals surface area contributed by atoms with E-state index in [1.807, 2.05) is 12.1 Å². The average molecular weight is 428 g/mol. The van der Waals surface area contributed by atoms with E-state index in [1.54, 1.807) is 12.1 Å². The summed E-state index contributed by atoms with van der Waals surface area (Å²) in [5.41, 5.74) is 3.73. The molecule has 0 spiro atoms. The van der Waals surface area contributed by atoms with Gasteiger partial charge in [0.1, 0.15) is 5.82 Å². The van der Waals surface area contributed by atoms with E-state index >= 15 is 0 Å². The fraction of sp³-hybridized carbons (Fsp3) is 0.308. The maximum atomic E-state index is 14.9. The van der Waals surface area contributed by atoms with Crippen molar-refractivity contribution in [3.05, 3.63) is 77.4 Å². The van der Waals surface area contributed by atoms with Crippen LogP contribution in [0.15, 0.2) is 54.6 Å². The van der Waals surface area contributed by atoms with E-state index in [0.29, 0.717) is 11.1 Å². The first-order valence-electron chi connectivity index (χ1n) is 10.6. The van der Waals surface area contributed by atoms with E-state index in [4.69, 9.17) is 0 Å². The van der Waals surface area contributed by atoms with Crippen LogP contribution in [0.3, 0.4) is 0 Å². The Morgan fingerprint density at radius 1 is 0.839 bits per heavy atom. The Balaban J connectivity index is 1.58. The monoisotopic (exact) mass is 428 g/mol. The molecule has 1 aliphatic heterocycles. The van der Waals surface area contributed by atoms with Gasteiger partial charge in [-0.3, -0.25) is 0 Å². The van der Waals surface area contributed by atoms with E-state index in [-0.39, 0.29) is 12.0 Å². The second kappa shape index (κ2) is 8.74. The minimum atomic E-state index is -3.38. The van der Waals surface area contributed by atoms with Crippen LogP contribution in [0.4, 0.5) is 17.6 Å². The molecule has 31 heavy (non-hydrogen) atoms. The zero-order valence-corrected chi connectivity index (χ0v) is 17.4. The number of hydrogen-bond acceptors (Lipinski definition) is 1. The van der Waals surface area contributed by atoms with Gasteiger partial charge in [-0.25, -0.2) is 8.78 Å². The summed E-state index contributed by atoms with van der Waals surface area (Å²) in [5.74, 6) is -1.85. The summed E-state index contributed by atoms with van der Waals surface area (Å²) in [5, 5.41) is 0. The van der Waals surface area contributed by atoms with Crippen molar-refractivity contribution in [1.29, 1.82) is 0 Å². The highest BCUT2D eigenvalue weighted by Crippen LogP contribution is 2.40. The van der Waals surface area contributed by atoms with Crippen molar-refractivity contribution in [1.82, 2.24) is 0 Å². The second-order valence-electron chi connectivity index (χ2n) is 8.03. The Hall–Kier alpha value is -2.82. The van der Waals surface area contributed by atoms with Crippen LogP contribution in [0.2, 0.25) is 0 Å². The molecule has 0 saturated carbocycles. The standard InChI is InChI=1S/C26H24F4O/c1-2-3-4-5-17-6-8-18(9-7-17)19-10-11-22(23(27)15-19)21-14-20-12-13-26(29,30)31-25(20)24(28)16-21/h6-11,14-16H,2-5,12-13H2,1H3. The van der Waals surface area contributed by atoms with Gasteiger partial charge in [0.05, 0.1) is 6.42 Å². The minimum Gasteiger partial charge on any atom is -0.429 e. The predicted octanol–water partition coefficient (Wildman–Crippen LogP) is 7.95. The maximum Gasteiger partial charge on any atom is 0.398 e. The zero-order chi connectivity index (χ0) is 22.0. The van der Waals surface area contributed by atoms with Crippen LogP contribution in [0.25, 0.3) is 22.3 Å². The van der Waals surface area contributed by atoms with Crippen molar-refractivity contribution in [2.24, 2.45) is 0 Å². The molecule has 0 aliphatic carbocycles. The lowest BCUT2D eigenvalue weighted by Crippen LogP contribution is -2.30. The summed E-state index contributed by atoms with van der Waals surface area (Å²) >= 11 is 0. The van der Waals surface area contributed by atoms with E-state index in [0.717, 1.165) is 30.0 Å². The first-order valence-corrected chi connectivity index (χ1v) is 10.6. The lowest BCUT2D eigenvalue weighted by molar-refractivity contribution is -0.188. The Labute approximate surface area is 179 Å². The minimum absolute atomic E-state index is 0.0304. The molecule has 0 atom stereocenters. The molecule has 3 aromatic carbocycles. The molecule has 0 unspecified atom stereocenters. The fourth-order valence-corrected chi connectivity index (χ4v) is 3.96. The number of unbranched alkanes of at least 4 members (excludes halogenated alkanes) is 2. The Morgan fingerprint density at radius 3 is 2.26 bits per heavy atom. The Kier molecular flexibility index (Phi) is 6.03. The van der Waals surface area contributed by atoms with Gasteiger partial charge >= 0.3 is 6.11 Å². The van der Waals surface area contributed by atoms with Gasteiger partial charge in [0, 0.05) is 5.56 Å². The number of rotatable bonds is 6. The molecule has 0 saturated heterocycles. The van der Waals surface area contributed by atoms with Crippen LogP contribution < -0.4 is 4.74 Å². The third-order valence-electron chi connectivity index (χ3n) is 5.69. The van der Waals surface area contributed by atoms with Crippen LogP contribution in [-0.4, -0.2) is 6.11 Å². The third-order valence-corrected chi connectivity index (χ3v) is 5.69. The number of benzene rings is 3. The van der Waals surface area contributed by atoms with Gasteiger partial charge in [-0.15, -0.1) is 0 Å². The molecule has 0 N–H and O–H groups in total.